The highest BCUT2D eigenvalue weighted by Gasteiger charge is 2.47. The van der Waals surface area contributed by atoms with Crippen molar-refractivity contribution in [2.45, 2.75) is 57.8 Å². The van der Waals surface area contributed by atoms with Crippen LogP contribution in [0.1, 0.15) is 49.5 Å². The van der Waals surface area contributed by atoms with E-state index in [4.69, 9.17) is 4.74 Å². The summed E-state index contributed by atoms with van der Waals surface area (Å²) in [6.45, 7) is 5.87. The highest BCUT2D eigenvalue weighted by molar-refractivity contribution is 6.27. The molecule has 1 amide bonds. The first-order valence-corrected chi connectivity index (χ1v) is 12.2. The molecule has 0 radical (unpaired) electrons. The van der Waals surface area contributed by atoms with Crippen LogP contribution in [0.15, 0.2) is 60.7 Å². The van der Waals surface area contributed by atoms with Gasteiger partial charge in [-0.2, -0.15) is 0 Å². The number of aliphatic hydroxyl groups excluding tert-OH is 1. The Morgan fingerprint density at radius 3 is 2.35 bits per heavy atom. The molecule has 0 bridgehead atoms. The van der Waals surface area contributed by atoms with Crippen LogP contribution in [-0.4, -0.2) is 40.5 Å². The average Bonchev–Trinajstić information content (AvgIpc) is 3.28. The van der Waals surface area contributed by atoms with Crippen molar-refractivity contribution >= 4 is 28.1 Å². The number of nitrogens with zero attached hydrogens (tertiary/aromatic N) is 1. The standard InChI is InChI=1S/C29H33NO4/c1-18-24(34-25(16-17-31)27(18)29(2,3)33)15-12-19-10-13-21(14-11-19)30-23-9-5-7-20-6-4-8-22(26(20)23)28(30)32/h4-11,13-14,18,24-25,27,31,33H,12,15-17H2,1-3H3/t18-,24+,25-,27+/m1/s1. The van der Waals surface area contributed by atoms with Crippen molar-refractivity contribution in [2.75, 3.05) is 11.5 Å². The molecule has 0 spiro atoms. The Kier molecular flexibility index (Phi) is 5.96. The van der Waals surface area contributed by atoms with Gasteiger partial charge in [-0.15, -0.1) is 0 Å². The molecule has 1 saturated heterocycles. The largest absolute Gasteiger partial charge is 0.396 e. The molecule has 3 aromatic rings. The third kappa shape index (κ3) is 3.92. The quantitative estimate of drug-likeness (QED) is 0.507. The molecule has 2 N–H and O–H groups in total. The monoisotopic (exact) mass is 459 g/mol. The summed E-state index contributed by atoms with van der Waals surface area (Å²) in [5.74, 6) is 0.217. The lowest BCUT2D eigenvalue weighted by molar-refractivity contribution is -0.0424. The molecule has 2 aliphatic rings. The lowest BCUT2D eigenvalue weighted by Gasteiger charge is -2.32. The predicted molar refractivity (Wildman–Crippen MR) is 134 cm³/mol. The molecule has 5 rings (SSSR count). The Bertz CT molecular complexity index is 1190. The molecular weight excluding hydrogens is 426 g/mol. The molecule has 0 aromatic heterocycles. The van der Waals surface area contributed by atoms with Crippen molar-refractivity contribution in [3.63, 3.8) is 0 Å². The van der Waals surface area contributed by atoms with Gasteiger partial charge in [-0.1, -0.05) is 43.3 Å². The van der Waals surface area contributed by atoms with Crippen molar-refractivity contribution in [1.82, 2.24) is 0 Å². The molecule has 2 aliphatic heterocycles. The van der Waals surface area contributed by atoms with E-state index in [0.29, 0.717) is 6.42 Å². The first-order chi connectivity index (χ1) is 16.3. The van der Waals surface area contributed by atoms with Crippen LogP contribution in [0.25, 0.3) is 10.8 Å². The highest BCUT2D eigenvalue weighted by atomic mass is 16.5. The second kappa shape index (κ2) is 8.81. The topological polar surface area (TPSA) is 70.0 Å². The minimum atomic E-state index is -0.849. The maximum atomic E-state index is 13.2. The minimum absolute atomic E-state index is 0.00227. The molecule has 0 unspecified atom stereocenters. The number of rotatable bonds is 7. The number of carbonyl (C=O) groups is 1. The first kappa shape index (κ1) is 23.0. The fourth-order valence-electron chi connectivity index (χ4n) is 6.10. The molecule has 3 aromatic carbocycles. The molecule has 34 heavy (non-hydrogen) atoms. The van der Waals surface area contributed by atoms with Gasteiger partial charge in [-0.05, 0) is 74.2 Å². The summed E-state index contributed by atoms with van der Waals surface area (Å²) in [6, 6.07) is 20.1. The fourth-order valence-corrected chi connectivity index (χ4v) is 6.10. The van der Waals surface area contributed by atoms with Crippen molar-refractivity contribution in [3.05, 3.63) is 71.8 Å². The number of hydrogen-bond donors (Lipinski definition) is 2. The zero-order valence-corrected chi connectivity index (χ0v) is 20.1. The van der Waals surface area contributed by atoms with Crippen LogP contribution in [0.2, 0.25) is 0 Å². The lowest BCUT2D eigenvalue weighted by atomic mass is 9.76. The van der Waals surface area contributed by atoms with E-state index in [1.165, 1.54) is 5.56 Å². The van der Waals surface area contributed by atoms with Gasteiger partial charge in [0.05, 0.1) is 29.1 Å². The van der Waals surface area contributed by atoms with Gasteiger partial charge in [0.2, 0.25) is 0 Å². The Morgan fingerprint density at radius 1 is 0.971 bits per heavy atom. The molecule has 5 nitrogen and oxygen atoms in total. The minimum Gasteiger partial charge on any atom is -0.396 e. The molecule has 0 saturated carbocycles. The third-order valence-corrected chi connectivity index (χ3v) is 7.60. The van der Waals surface area contributed by atoms with Crippen LogP contribution in [0.5, 0.6) is 0 Å². The van der Waals surface area contributed by atoms with Crippen LogP contribution in [0.3, 0.4) is 0 Å². The molecule has 178 valence electrons. The van der Waals surface area contributed by atoms with Crippen LogP contribution >= 0.6 is 0 Å². The third-order valence-electron chi connectivity index (χ3n) is 7.60. The molecule has 0 aliphatic carbocycles. The number of ether oxygens (including phenoxy) is 1. The zero-order chi connectivity index (χ0) is 24.0. The summed E-state index contributed by atoms with van der Waals surface area (Å²) in [5, 5.41) is 22.2. The molecule has 1 fully saturated rings. The van der Waals surface area contributed by atoms with E-state index in [0.717, 1.165) is 40.6 Å². The van der Waals surface area contributed by atoms with Gasteiger partial charge >= 0.3 is 0 Å². The van der Waals surface area contributed by atoms with Crippen molar-refractivity contribution < 1.29 is 19.7 Å². The van der Waals surface area contributed by atoms with E-state index in [9.17, 15) is 15.0 Å². The maximum absolute atomic E-state index is 13.2. The molecule has 5 heteroatoms. The van der Waals surface area contributed by atoms with E-state index in [1.807, 2.05) is 62.4 Å². The van der Waals surface area contributed by atoms with Gasteiger partial charge in [0.15, 0.2) is 0 Å². The average molecular weight is 460 g/mol. The zero-order valence-electron chi connectivity index (χ0n) is 20.1. The number of aliphatic hydroxyl groups is 2. The van der Waals surface area contributed by atoms with Crippen LogP contribution < -0.4 is 4.90 Å². The number of aryl methyl sites for hydroxylation is 1. The molecular formula is C29H33NO4. The summed E-state index contributed by atoms with van der Waals surface area (Å²) < 4.78 is 6.29. The second-order valence-electron chi connectivity index (χ2n) is 10.3. The summed E-state index contributed by atoms with van der Waals surface area (Å²) >= 11 is 0. The Hall–Kier alpha value is -2.73. The van der Waals surface area contributed by atoms with E-state index in [2.05, 4.69) is 19.1 Å². The number of amides is 1. The number of benzene rings is 3. The Labute approximate surface area is 201 Å². The van der Waals surface area contributed by atoms with Gasteiger partial charge in [0.1, 0.15) is 0 Å². The van der Waals surface area contributed by atoms with E-state index < -0.39 is 5.60 Å². The van der Waals surface area contributed by atoms with E-state index >= 15 is 0 Å². The highest BCUT2D eigenvalue weighted by Crippen LogP contribution is 2.43. The van der Waals surface area contributed by atoms with Crippen molar-refractivity contribution in [1.29, 1.82) is 0 Å². The Balaban J connectivity index is 1.30. The van der Waals surface area contributed by atoms with Gasteiger partial charge in [-0.3, -0.25) is 9.69 Å². The van der Waals surface area contributed by atoms with Crippen LogP contribution in [0, 0.1) is 11.8 Å². The number of hydrogen-bond acceptors (Lipinski definition) is 4. The lowest BCUT2D eigenvalue weighted by Crippen LogP contribution is -2.40. The van der Waals surface area contributed by atoms with Crippen LogP contribution in [0.4, 0.5) is 11.4 Å². The number of carbonyl (C=O) groups excluding carboxylic acids is 1. The fraction of sp³-hybridized carbons (Fsp3) is 0.414. The van der Waals surface area contributed by atoms with Gasteiger partial charge in [0, 0.05) is 23.6 Å². The van der Waals surface area contributed by atoms with Crippen molar-refractivity contribution in [2.24, 2.45) is 11.8 Å². The van der Waals surface area contributed by atoms with Gasteiger partial charge < -0.3 is 14.9 Å². The maximum Gasteiger partial charge on any atom is 0.263 e. The summed E-state index contributed by atoms with van der Waals surface area (Å²) in [7, 11) is 0. The molecule has 4 atom stereocenters. The van der Waals surface area contributed by atoms with Gasteiger partial charge in [-0.25, -0.2) is 0 Å². The van der Waals surface area contributed by atoms with Crippen molar-refractivity contribution in [3.8, 4) is 0 Å². The first-order valence-electron chi connectivity index (χ1n) is 12.2. The normalized spacial score (nSPS) is 24.4. The predicted octanol–water partition coefficient (Wildman–Crippen LogP) is 5.24. The summed E-state index contributed by atoms with van der Waals surface area (Å²) in [5.41, 5.74) is 2.90. The SMILES string of the molecule is C[C@H]1[C@H](C(C)(C)O)[C@@H](CCO)O[C@H]1CCc1ccc(N2C(=O)c3cccc4cccc2c34)cc1. The number of anilines is 2. The smallest absolute Gasteiger partial charge is 0.263 e. The van der Waals surface area contributed by atoms with Gasteiger partial charge in [0.25, 0.3) is 5.91 Å². The summed E-state index contributed by atoms with van der Waals surface area (Å²) in [4.78, 5) is 15.0. The van der Waals surface area contributed by atoms with E-state index in [-0.39, 0.29) is 36.6 Å². The Morgan fingerprint density at radius 2 is 1.68 bits per heavy atom. The van der Waals surface area contributed by atoms with E-state index in [1.54, 1.807) is 4.90 Å². The second-order valence-corrected chi connectivity index (χ2v) is 10.3. The summed E-state index contributed by atoms with van der Waals surface area (Å²) in [6.07, 6.45) is 2.16. The molecule has 2 heterocycles. The van der Waals surface area contributed by atoms with Crippen LogP contribution in [-0.2, 0) is 11.2 Å².